The van der Waals surface area contributed by atoms with E-state index >= 15 is 0 Å². The molecule has 1 aromatic heterocycles. The molecule has 0 saturated carbocycles. The second kappa shape index (κ2) is 10.4. The van der Waals surface area contributed by atoms with E-state index in [4.69, 9.17) is 11.6 Å². The van der Waals surface area contributed by atoms with Crippen LogP contribution >= 0.6 is 34.7 Å². The Morgan fingerprint density at radius 2 is 1.84 bits per heavy atom. The molecule has 0 saturated heterocycles. The average molecular weight is 497 g/mol. The number of carbonyl (C=O) groups excluding carboxylic acids is 1. The van der Waals surface area contributed by atoms with E-state index in [1.54, 1.807) is 31.2 Å². The van der Waals surface area contributed by atoms with Gasteiger partial charge in [0.2, 0.25) is 21.1 Å². The largest absolute Gasteiger partial charge is 0.299 e. The molecule has 3 rings (SSSR count). The molecule has 1 amide bonds. The number of hydrogen-bond acceptors (Lipinski definition) is 7. The summed E-state index contributed by atoms with van der Waals surface area (Å²) in [4.78, 5) is 12.9. The van der Waals surface area contributed by atoms with Crippen molar-refractivity contribution >= 4 is 61.4 Å². The zero-order chi connectivity index (χ0) is 22.4. The van der Waals surface area contributed by atoms with Crippen LogP contribution in [0.25, 0.3) is 0 Å². The van der Waals surface area contributed by atoms with Gasteiger partial charge in [0, 0.05) is 10.8 Å². The molecule has 0 aliphatic heterocycles. The molecular formula is C20H21ClN4O3S3. The predicted molar refractivity (Wildman–Crippen MR) is 127 cm³/mol. The van der Waals surface area contributed by atoms with Crippen molar-refractivity contribution in [3.8, 4) is 0 Å². The minimum absolute atomic E-state index is 0.274. The summed E-state index contributed by atoms with van der Waals surface area (Å²) in [5.74, 6) is 0.262. The molecular weight excluding hydrogens is 476 g/mol. The Bertz CT molecular complexity index is 1120. The molecule has 164 valence electrons. The van der Waals surface area contributed by atoms with Gasteiger partial charge in [-0.2, -0.15) is 0 Å². The van der Waals surface area contributed by atoms with Crippen LogP contribution in [0.3, 0.4) is 0 Å². The molecule has 11 heteroatoms. The second-order valence-corrected chi connectivity index (χ2v) is 11.1. The van der Waals surface area contributed by atoms with Gasteiger partial charge in [0.15, 0.2) is 4.34 Å². The Morgan fingerprint density at radius 3 is 2.45 bits per heavy atom. The van der Waals surface area contributed by atoms with Crippen molar-refractivity contribution in [1.82, 2.24) is 10.2 Å². The van der Waals surface area contributed by atoms with E-state index in [2.05, 4.69) is 15.5 Å². The van der Waals surface area contributed by atoms with Crippen molar-refractivity contribution in [2.75, 3.05) is 15.9 Å². The number of sulfonamides is 1. The van der Waals surface area contributed by atoms with Gasteiger partial charge in [0.1, 0.15) is 6.04 Å². The lowest BCUT2D eigenvalue weighted by atomic mass is 10.2. The Labute approximate surface area is 194 Å². The lowest BCUT2D eigenvalue weighted by Gasteiger charge is -2.29. The van der Waals surface area contributed by atoms with Gasteiger partial charge in [0.25, 0.3) is 0 Å². The summed E-state index contributed by atoms with van der Waals surface area (Å²) in [5.41, 5.74) is 1.52. The normalized spacial score (nSPS) is 12.4. The number of rotatable bonds is 9. The molecule has 0 radical (unpaired) electrons. The van der Waals surface area contributed by atoms with Crippen molar-refractivity contribution in [3.63, 3.8) is 0 Å². The lowest BCUT2D eigenvalue weighted by molar-refractivity contribution is -0.117. The minimum Gasteiger partial charge on any atom is -0.299 e. The Kier molecular flexibility index (Phi) is 7.93. The van der Waals surface area contributed by atoms with Crippen LogP contribution in [0, 0.1) is 0 Å². The average Bonchev–Trinajstić information content (AvgIpc) is 3.18. The molecule has 1 atom stereocenters. The number of nitrogens with one attached hydrogen (secondary N) is 1. The first kappa shape index (κ1) is 23.5. The number of benzene rings is 2. The first-order chi connectivity index (χ1) is 14.8. The van der Waals surface area contributed by atoms with E-state index in [-0.39, 0.29) is 6.42 Å². The summed E-state index contributed by atoms with van der Waals surface area (Å²) in [5, 5.41) is 11.6. The van der Waals surface area contributed by atoms with E-state index in [1.807, 2.05) is 30.3 Å². The highest BCUT2D eigenvalue weighted by Crippen LogP contribution is 2.29. The number of hydrogen-bond donors (Lipinski definition) is 1. The smallest absolute Gasteiger partial charge is 0.250 e. The number of aromatic nitrogens is 2. The highest BCUT2D eigenvalue weighted by atomic mass is 35.5. The SMILES string of the molecule is CCC(C(=O)Nc1nnc(SCc2ccccc2)s1)N(c1ccc(Cl)cc1)S(C)(=O)=O. The van der Waals surface area contributed by atoms with Crippen LogP contribution in [0.2, 0.25) is 5.02 Å². The molecule has 1 unspecified atom stereocenters. The maximum Gasteiger partial charge on any atom is 0.250 e. The van der Waals surface area contributed by atoms with Crippen LogP contribution in [-0.4, -0.2) is 36.8 Å². The van der Waals surface area contributed by atoms with Gasteiger partial charge in [-0.15, -0.1) is 10.2 Å². The topological polar surface area (TPSA) is 92.3 Å². The maximum absolute atomic E-state index is 12.9. The third-order valence-electron chi connectivity index (χ3n) is 4.25. The Balaban J connectivity index is 1.72. The first-order valence-corrected chi connectivity index (χ1v) is 13.4. The number of carbonyl (C=O) groups is 1. The third kappa shape index (κ3) is 6.42. The van der Waals surface area contributed by atoms with Crippen LogP contribution in [0.5, 0.6) is 0 Å². The van der Waals surface area contributed by atoms with E-state index < -0.39 is 22.0 Å². The summed E-state index contributed by atoms with van der Waals surface area (Å²) >= 11 is 8.69. The van der Waals surface area contributed by atoms with Gasteiger partial charge in [-0.1, -0.05) is 72.0 Å². The predicted octanol–water partition coefficient (Wildman–Crippen LogP) is 4.67. The van der Waals surface area contributed by atoms with Crippen molar-refractivity contribution in [2.24, 2.45) is 0 Å². The van der Waals surface area contributed by atoms with Crippen LogP contribution in [0.15, 0.2) is 58.9 Å². The van der Waals surface area contributed by atoms with Crippen LogP contribution in [0.1, 0.15) is 18.9 Å². The molecule has 0 bridgehead atoms. The number of anilines is 2. The zero-order valence-electron chi connectivity index (χ0n) is 16.9. The van der Waals surface area contributed by atoms with Crippen LogP contribution in [-0.2, 0) is 20.6 Å². The second-order valence-electron chi connectivity index (χ2n) is 6.60. The molecule has 31 heavy (non-hydrogen) atoms. The third-order valence-corrected chi connectivity index (χ3v) is 7.73. The summed E-state index contributed by atoms with van der Waals surface area (Å²) < 4.78 is 26.8. The summed E-state index contributed by atoms with van der Waals surface area (Å²) in [6, 6.07) is 15.3. The molecule has 1 heterocycles. The van der Waals surface area contributed by atoms with E-state index in [1.165, 1.54) is 23.1 Å². The van der Waals surface area contributed by atoms with E-state index in [0.29, 0.717) is 20.2 Å². The zero-order valence-corrected chi connectivity index (χ0v) is 20.1. The van der Waals surface area contributed by atoms with Crippen molar-refractivity contribution < 1.29 is 13.2 Å². The van der Waals surface area contributed by atoms with Gasteiger partial charge < -0.3 is 0 Å². The van der Waals surface area contributed by atoms with Crippen molar-refractivity contribution in [3.05, 3.63) is 65.2 Å². The molecule has 0 aliphatic rings. The maximum atomic E-state index is 12.9. The molecule has 0 aliphatic carbocycles. The highest BCUT2D eigenvalue weighted by molar-refractivity contribution is 8.00. The van der Waals surface area contributed by atoms with Crippen molar-refractivity contribution in [2.45, 2.75) is 29.5 Å². The molecule has 3 aromatic rings. The quantitative estimate of drug-likeness (QED) is 0.342. The Hall–Kier alpha value is -2.14. The fraction of sp³-hybridized carbons (Fsp3) is 0.250. The molecule has 0 fully saturated rings. The number of halogens is 1. The molecule has 1 N–H and O–H groups in total. The van der Waals surface area contributed by atoms with Gasteiger partial charge in [0.05, 0.1) is 11.9 Å². The van der Waals surface area contributed by atoms with Crippen molar-refractivity contribution in [1.29, 1.82) is 0 Å². The molecule has 0 spiro atoms. The fourth-order valence-corrected chi connectivity index (χ4v) is 5.92. The van der Waals surface area contributed by atoms with Gasteiger partial charge in [-0.3, -0.25) is 14.4 Å². The highest BCUT2D eigenvalue weighted by Gasteiger charge is 2.32. The molecule has 7 nitrogen and oxygen atoms in total. The summed E-state index contributed by atoms with van der Waals surface area (Å²) in [6.07, 6.45) is 1.34. The van der Waals surface area contributed by atoms with E-state index in [9.17, 15) is 13.2 Å². The minimum atomic E-state index is -3.72. The monoisotopic (exact) mass is 496 g/mol. The van der Waals surface area contributed by atoms with Gasteiger partial charge in [-0.25, -0.2) is 8.42 Å². The number of amides is 1. The standard InChI is InChI=1S/C20H21ClN4O3S3/c1-3-17(25(31(2,27)28)16-11-9-15(21)10-12-16)18(26)22-19-23-24-20(30-19)29-13-14-7-5-4-6-8-14/h4-12,17H,3,13H2,1-2H3,(H,22,23,26). The van der Waals surface area contributed by atoms with Gasteiger partial charge in [-0.05, 0) is 36.2 Å². The first-order valence-electron chi connectivity index (χ1n) is 9.34. The van der Waals surface area contributed by atoms with Crippen LogP contribution in [0.4, 0.5) is 10.8 Å². The number of thioether (sulfide) groups is 1. The molecule has 2 aromatic carbocycles. The van der Waals surface area contributed by atoms with E-state index in [0.717, 1.165) is 21.9 Å². The van der Waals surface area contributed by atoms with Crippen LogP contribution < -0.4 is 9.62 Å². The number of nitrogens with zero attached hydrogens (tertiary/aromatic N) is 3. The Morgan fingerprint density at radius 1 is 1.16 bits per heavy atom. The lowest BCUT2D eigenvalue weighted by Crippen LogP contribution is -2.46. The summed E-state index contributed by atoms with van der Waals surface area (Å²) in [7, 11) is -3.72. The fourth-order valence-electron chi connectivity index (χ4n) is 2.87. The summed E-state index contributed by atoms with van der Waals surface area (Å²) in [6.45, 7) is 1.75. The van der Waals surface area contributed by atoms with Gasteiger partial charge >= 0.3 is 0 Å².